The first-order chi connectivity index (χ1) is 6.31. The molecule has 1 heterocycles. The summed E-state index contributed by atoms with van der Waals surface area (Å²) in [5.74, 6) is -1.54. The van der Waals surface area contributed by atoms with Gasteiger partial charge in [0.1, 0.15) is 0 Å². The Hall–Kier alpha value is -1.37. The Morgan fingerprint density at radius 3 is 2.57 bits per heavy atom. The lowest BCUT2D eigenvalue weighted by Crippen LogP contribution is -2.10. The van der Waals surface area contributed by atoms with Gasteiger partial charge >= 0.3 is 5.97 Å². The Labute approximate surface area is 81.1 Å². The molecule has 0 atom stereocenters. The van der Waals surface area contributed by atoms with E-state index in [0.29, 0.717) is 5.69 Å². The van der Waals surface area contributed by atoms with Gasteiger partial charge in [-0.1, -0.05) is 0 Å². The van der Waals surface area contributed by atoms with Crippen LogP contribution in [-0.4, -0.2) is 35.3 Å². The van der Waals surface area contributed by atoms with Crippen LogP contribution in [0.25, 0.3) is 0 Å². The topological polar surface area (TPSA) is 89.3 Å². The largest absolute Gasteiger partial charge is 0.475 e. The van der Waals surface area contributed by atoms with Crippen LogP contribution in [0.3, 0.4) is 0 Å². The van der Waals surface area contributed by atoms with Crippen LogP contribution in [0.2, 0.25) is 0 Å². The van der Waals surface area contributed by atoms with Gasteiger partial charge in [0.25, 0.3) is 0 Å². The van der Waals surface area contributed by atoms with Crippen molar-refractivity contribution in [1.82, 2.24) is 9.55 Å². The fraction of sp³-hybridized carbons (Fsp3) is 0.429. The van der Waals surface area contributed by atoms with Crippen LogP contribution in [0.1, 0.15) is 16.3 Å². The van der Waals surface area contributed by atoms with Crippen molar-refractivity contribution < 1.29 is 18.3 Å². The lowest BCUT2D eigenvalue weighted by molar-refractivity contribution is 0.0679. The highest BCUT2D eigenvalue weighted by Gasteiger charge is 2.15. The van der Waals surface area contributed by atoms with E-state index in [9.17, 15) is 13.2 Å². The first kappa shape index (κ1) is 10.7. The van der Waals surface area contributed by atoms with Gasteiger partial charge in [0.05, 0.1) is 17.6 Å². The number of rotatable bonds is 3. The maximum Gasteiger partial charge on any atom is 0.372 e. The van der Waals surface area contributed by atoms with Crippen molar-refractivity contribution in [2.24, 2.45) is 7.05 Å². The minimum atomic E-state index is -3.17. The Morgan fingerprint density at radius 1 is 1.64 bits per heavy atom. The van der Waals surface area contributed by atoms with Crippen LogP contribution in [0.4, 0.5) is 0 Å². The number of hydrogen-bond donors (Lipinski definition) is 1. The van der Waals surface area contributed by atoms with E-state index in [1.165, 1.54) is 17.8 Å². The van der Waals surface area contributed by atoms with Crippen LogP contribution in [0.15, 0.2) is 6.20 Å². The molecule has 0 spiro atoms. The van der Waals surface area contributed by atoms with Crippen LogP contribution in [-0.2, 0) is 22.6 Å². The molecular weight excluding hydrogens is 208 g/mol. The normalized spacial score (nSPS) is 11.6. The lowest BCUT2D eigenvalue weighted by Gasteiger charge is -2.01. The van der Waals surface area contributed by atoms with Gasteiger partial charge < -0.3 is 9.67 Å². The zero-order valence-corrected chi connectivity index (χ0v) is 8.58. The standard InChI is InChI=1S/C7H10N2O4S/c1-9-5(4-14(2,12)13)3-8-6(9)7(10)11/h3H,4H2,1-2H3,(H,10,11). The summed E-state index contributed by atoms with van der Waals surface area (Å²) >= 11 is 0. The smallest absolute Gasteiger partial charge is 0.372 e. The van der Waals surface area contributed by atoms with E-state index in [2.05, 4.69) is 4.98 Å². The van der Waals surface area contributed by atoms with Gasteiger partial charge in [-0.3, -0.25) is 0 Å². The quantitative estimate of drug-likeness (QED) is 0.749. The monoisotopic (exact) mass is 218 g/mol. The fourth-order valence-electron chi connectivity index (χ4n) is 1.05. The highest BCUT2D eigenvalue weighted by molar-refractivity contribution is 7.89. The predicted molar refractivity (Wildman–Crippen MR) is 48.7 cm³/mol. The van der Waals surface area contributed by atoms with E-state index in [-0.39, 0.29) is 11.6 Å². The molecule has 1 aromatic heterocycles. The van der Waals surface area contributed by atoms with Crippen molar-refractivity contribution in [3.05, 3.63) is 17.7 Å². The fourth-order valence-corrected chi connectivity index (χ4v) is 1.85. The Morgan fingerprint density at radius 2 is 2.21 bits per heavy atom. The highest BCUT2D eigenvalue weighted by atomic mass is 32.2. The number of imidazole rings is 1. The third-order valence-corrected chi connectivity index (χ3v) is 2.51. The maximum absolute atomic E-state index is 10.9. The molecule has 0 fully saturated rings. The van der Waals surface area contributed by atoms with E-state index in [0.717, 1.165) is 6.26 Å². The Balaban J connectivity index is 3.08. The van der Waals surface area contributed by atoms with Crippen LogP contribution >= 0.6 is 0 Å². The summed E-state index contributed by atoms with van der Waals surface area (Å²) in [6, 6.07) is 0. The van der Waals surface area contributed by atoms with Gasteiger partial charge in [0.15, 0.2) is 9.84 Å². The molecule has 1 N–H and O–H groups in total. The first-order valence-corrected chi connectivity index (χ1v) is 5.79. The van der Waals surface area contributed by atoms with Gasteiger partial charge in [0.2, 0.25) is 5.82 Å². The number of carboxylic acids is 1. The molecule has 0 aromatic carbocycles. The maximum atomic E-state index is 10.9. The predicted octanol–water partition coefficient (Wildman–Crippen LogP) is -0.337. The number of carbonyl (C=O) groups is 1. The summed E-state index contributed by atoms with van der Waals surface area (Å²) in [5.41, 5.74) is 0.366. The molecule has 0 radical (unpaired) electrons. The molecule has 0 aliphatic carbocycles. The molecule has 0 aliphatic heterocycles. The molecule has 14 heavy (non-hydrogen) atoms. The summed E-state index contributed by atoms with van der Waals surface area (Å²) in [4.78, 5) is 14.2. The van der Waals surface area contributed by atoms with Gasteiger partial charge in [0, 0.05) is 13.3 Å². The number of aromatic nitrogens is 2. The first-order valence-electron chi connectivity index (χ1n) is 3.73. The zero-order chi connectivity index (χ0) is 10.9. The number of carboxylic acid groups (broad SMARTS) is 1. The second-order valence-electron chi connectivity index (χ2n) is 3.01. The number of sulfone groups is 1. The molecular formula is C7H10N2O4S. The highest BCUT2D eigenvalue weighted by Crippen LogP contribution is 2.06. The van der Waals surface area contributed by atoms with E-state index >= 15 is 0 Å². The Bertz CT molecular complexity index is 460. The summed E-state index contributed by atoms with van der Waals surface area (Å²) in [7, 11) is -1.70. The minimum Gasteiger partial charge on any atom is -0.475 e. The molecule has 0 unspecified atom stereocenters. The molecule has 0 bridgehead atoms. The summed E-state index contributed by atoms with van der Waals surface area (Å²) in [6.07, 6.45) is 2.34. The van der Waals surface area contributed by atoms with E-state index in [1.54, 1.807) is 0 Å². The van der Waals surface area contributed by atoms with Crippen molar-refractivity contribution in [2.45, 2.75) is 5.75 Å². The van der Waals surface area contributed by atoms with Gasteiger partial charge in [-0.05, 0) is 0 Å². The lowest BCUT2D eigenvalue weighted by atomic mass is 10.5. The molecule has 0 aliphatic rings. The van der Waals surface area contributed by atoms with Crippen LogP contribution in [0, 0.1) is 0 Å². The van der Waals surface area contributed by atoms with Gasteiger partial charge in [-0.25, -0.2) is 18.2 Å². The van der Waals surface area contributed by atoms with Crippen LogP contribution in [0.5, 0.6) is 0 Å². The molecule has 0 saturated heterocycles. The molecule has 7 heteroatoms. The molecule has 1 aromatic rings. The molecule has 0 saturated carbocycles. The molecule has 1 rings (SSSR count). The summed E-state index contributed by atoms with van der Waals surface area (Å²) in [6.45, 7) is 0. The third-order valence-electron chi connectivity index (χ3n) is 1.69. The Kier molecular flexibility index (Phi) is 2.61. The van der Waals surface area contributed by atoms with Crippen molar-refractivity contribution in [3.8, 4) is 0 Å². The molecule has 0 amide bonds. The SMILES string of the molecule is Cn1c(CS(C)(=O)=O)cnc1C(=O)O. The molecule has 6 nitrogen and oxygen atoms in total. The average molecular weight is 218 g/mol. The number of aromatic carboxylic acids is 1. The van der Waals surface area contributed by atoms with Crippen molar-refractivity contribution in [2.75, 3.05) is 6.26 Å². The third kappa shape index (κ3) is 2.32. The zero-order valence-electron chi connectivity index (χ0n) is 7.76. The van der Waals surface area contributed by atoms with E-state index < -0.39 is 15.8 Å². The summed E-state index contributed by atoms with van der Waals surface area (Å²) in [5, 5.41) is 8.64. The van der Waals surface area contributed by atoms with Gasteiger partial charge in [-0.15, -0.1) is 0 Å². The second kappa shape index (κ2) is 3.41. The van der Waals surface area contributed by atoms with Gasteiger partial charge in [-0.2, -0.15) is 0 Å². The van der Waals surface area contributed by atoms with Crippen molar-refractivity contribution >= 4 is 15.8 Å². The minimum absolute atomic E-state index is 0.163. The number of hydrogen-bond acceptors (Lipinski definition) is 4. The average Bonchev–Trinajstić information content (AvgIpc) is 2.29. The summed E-state index contributed by atoms with van der Waals surface area (Å²) < 4.78 is 23.1. The second-order valence-corrected chi connectivity index (χ2v) is 5.15. The number of nitrogens with zero attached hydrogens (tertiary/aromatic N) is 2. The van der Waals surface area contributed by atoms with Crippen LogP contribution < -0.4 is 0 Å². The molecule has 78 valence electrons. The van der Waals surface area contributed by atoms with E-state index in [1.807, 2.05) is 0 Å². The van der Waals surface area contributed by atoms with E-state index in [4.69, 9.17) is 5.11 Å². The van der Waals surface area contributed by atoms with Crippen molar-refractivity contribution in [1.29, 1.82) is 0 Å². The van der Waals surface area contributed by atoms with Crippen molar-refractivity contribution in [3.63, 3.8) is 0 Å².